The quantitative estimate of drug-likeness (QED) is 0.610. The summed E-state index contributed by atoms with van der Waals surface area (Å²) in [7, 11) is 0. The Morgan fingerprint density at radius 3 is 2.31 bits per heavy atom. The van der Waals surface area contributed by atoms with Crippen LogP contribution in [0.3, 0.4) is 0 Å². The summed E-state index contributed by atoms with van der Waals surface area (Å²) in [5, 5.41) is 0. The summed E-state index contributed by atoms with van der Waals surface area (Å²) in [6, 6.07) is 0. The minimum Gasteiger partial charge on any atom is -0.459 e. The zero-order valence-electron chi connectivity index (χ0n) is 8.67. The van der Waals surface area contributed by atoms with E-state index in [9.17, 15) is 4.79 Å². The van der Waals surface area contributed by atoms with Crippen molar-refractivity contribution in [3.05, 3.63) is 6.54 Å². The predicted octanol–water partition coefficient (Wildman–Crippen LogP) is 1.59. The number of hydrogen-bond donors (Lipinski definition) is 0. The van der Waals surface area contributed by atoms with Gasteiger partial charge in [-0.3, -0.25) is 9.69 Å². The van der Waals surface area contributed by atoms with Crippen LogP contribution >= 0.6 is 0 Å². The monoisotopic (exact) mass is 184 g/mol. The normalized spacial score (nSPS) is 19.0. The summed E-state index contributed by atoms with van der Waals surface area (Å²) in [5.41, 5.74) is -0.382. The zero-order valence-corrected chi connectivity index (χ0v) is 8.67. The number of likely N-dealkylation sites (tertiary alicyclic amines) is 1. The van der Waals surface area contributed by atoms with E-state index in [1.165, 1.54) is 12.8 Å². The molecule has 0 aromatic carbocycles. The first kappa shape index (κ1) is 10.5. The van der Waals surface area contributed by atoms with Gasteiger partial charge in [-0.15, -0.1) is 0 Å². The molecule has 3 heteroatoms. The Balaban J connectivity index is 2.24. The Hall–Kier alpha value is -0.570. The number of esters is 1. The highest BCUT2D eigenvalue weighted by atomic mass is 16.6. The molecule has 0 amide bonds. The van der Waals surface area contributed by atoms with Gasteiger partial charge >= 0.3 is 5.97 Å². The van der Waals surface area contributed by atoms with E-state index >= 15 is 0 Å². The van der Waals surface area contributed by atoms with Crippen LogP contribution < -0.4 is 0 Å². The summed E-state index contributed by atoms with van der Waals surface area (Å²) in [4.78, 5) is 13.3. The van der Waals surface area contributed by atoms with Crippen molar-refractivity contribution < 1.29 is 9.53 Å². The van der Waals surface area contributed by atoms with Crippen LogP contribution in [0.25, 0.3) is 0 Å². The molecule has 0 aliphatic carbocycles. The van der Waals surface area contributed by atoms with Crippen molar-refractivity contribution in [3.8, 4) is 0 Å². The minimum absolute atomic E-state index is 0.227. The van der Waals surface area contributed by atoms with E-state index in [1.54, 1.807) is 6.54 Å². The van der Waals surface area contributed by atoms with Gasteiger partial charge in [0.1, 0.15) is 12.1 Å². The van der Waals surface area contributed by atoms with E-state index in [0.29, 0.717) is 0 Å². The molecule has 0 aromatic heterocycles. The lowest BCUT2D eigenvalue weighted by Gasteiger charge is -2.21. The molecule has 0 aromatic rings. The lowest BCUT2D eigenvalue weighted by molar-refractivity contribution is -0.152. The topological polar surface area (TPSA) is 29.5 Å². The Morgan fingerprint density at radius 1 is 1.31 bits per heavy atom. The van der Waals surface area contributed by atoms with Crippen LogP contribution in [0.5, 0.6) is 0 Å². The van der Waals surface area contributed by atoms with E-state index in [2.05, 4.69) is 0 Å². The van der Waals surface area contributed by atoms with Crippen molar-refractivity contribution in [1.29, 1.82) is 0 Å². The molecular formula is C10H18NO2. The third-order valence-electron chi connectivity index (χ3n) is 1.84. The van der Waals surface area contributed by atoms with Crippen LogP contribution in [0.15, 0.2) is 0 Å². The van der Waals surface area contributed by atoms with Crippen LogP contribution in [0.1, 0.15) is 33.6 Å². The highest BCUT2D eigenvalue weighted by molar-refractivity contribution is 5.78. The first-order chi connectivity index (χ1) is 5.97. The molecule has 1 saturated heterocycles. The van der Waals surface area contributed by atoms with Gasteiger partial charge < -0.3 is 4.74 Å². The third kappa shape index (κ3) is 4.27. The molecule has 1 heterocycles. The number of rotatable bonds is 2. The molecule has 1 rings (SSSR count). The Morgan fingerprint density at radius 2 is 1.85 bits per heavy atom. The largest absolute Gasteiger partial charge is 0.459 e. The molecule has 75 valence electrons. The number of carbonyl (C=O) groups excluding carboxylic acids is 1. The van der Waals surface area contributed by atoms with Crippen molar-refractivity contribution in [3.63, 3.8) is 0 Å². The van der Waals surface area contributed by atoms with Crippen LogP contribution in [-0.2, 0) is 9.53 Å². The van der Waals surface area contributed by atoms with Crippen LogP contribution in [-0.4, -0.2) is 29.6 Å². The molecule has 1 aliphatic rings. The fourth-order valence-corrected chi connectivity index (χ4v) is 1.35. The van der Waals surface area contributed by atoms with E-state index in [-0.39, 0.29) is 11.6 Å². The van der Waals surface area contributed by atoms with Gasteiger partial charge in [0.2, 0.25) is 0 Å². The fourth-order valence-electron chi connectivity index (χ4n) is 1.35. The second-order valence-electron chi connectivity index (χ2n) is 4.41. The Labute approximate surface area is 80.1 Å². The molecule has 1 fully saturated rings. The lowest BCUT2D eigenvalue weighted by atomic mass is 10.2. The summed E-state index contributed by atoms with van der Waals surface area (Å²) < 4.78 is 5.16. The fraction of sp³-hybridized carbons (Fsp3) is 0.800. The average molecular weight is 184 g/mol. The van der Waals surface area contributed by atoms with Crippen molar-refractivity contribution in [2.75, 3.05) is 13.1 Å². The number of hydrogen-bond acceptors (Lipinski definition) is 3. The summed E-state index contributed by atoms with van der Waals surface area (Å²) >= 11 is 0. The van der Waals surface area contributed by atoms with E-state index in [4.69, 9.17) is 4.74 Å². The van der Waals surface area contributed by atoms with Gasteiger partial charge in [0, 0.05) is 0 Å². The van der Waals surface area contributed by atoms with Gasteiger partial charge in [0.25, 0.3) is 0 Å². The first-order valence-corrected chi connectivity index (χ1v) is 4.79. The van der Waals surface area contributed by atoms with E-state index in [1.807, 2.05) is 25.7 Å². The molecule has 1 radical (unpaired) electrons. The molecule has 0 atom stereocenters. The highest BCUT2D eigenvalue weighted by Gasteiger charge is 2.21. The van der Waals surface area contributed by atoms with Gasteiger partial charge in [-0.25, -0.2) is 0 Å². The Kier molecular flexibility index (Phi) is 3.31. The molecular weight excluding hydrogens is 166 g/mol. The first-order valence-electron chi connectivity index (χ1n) is 4.79. The molecule has 0 saturated carbocycles. The zero-order chi connectivity index (χ0) is 9.90. The van der Waals surface area contributed by atoms with Gasteiger partial charge in [-0.1, -0.05) is 0 Å². The van der Waals surface area contributed by atoms with Gasteiger partial charge in [-0.2, -0.15) is 0 Å². The second kappa shape index (κ2) is 4.09. The van der Waals surface area contributed by atoms with Crippen LogP contribution in [0.2, 0.25) is 0 Å². The maximum atomic E-state index is 11.3. The van der Waals surface area contributed by atoms with Crippen molar-refractivity contribution >= 4 is 5.97 Å². The molecule has 0 bridgehead atoms. The smallest absolute Gasteiger partial charge is 0.326 e. The standard InChI is InChI=1S/C10H18NO2/c1-10(2,3)13-9(12)8-11-6-4-5-7-11/h8H,4-7H2,1-3H3. The van der Waals surface area contributed by atoms with Crippen molar-refractivity contribution in [1.82, 2.24) is 4.90 Å². The number of ether oxygens (including phenoxy) is 1. The van der Waals surface area contributed by atoms with E-state index in [0.717, 1.165) is 13.1 Å². The molecule has 0 spiro atoms. The summed E-state index contributed by atoms with van der Waals surface area (Å²) in [6.07, 6.45) is 2.36. The number of nitrogens with zero attached hydrogens (tertiary/aromatic N) is 1. The molecule has 0 unspecified atom stereocenters. The maximum Gasteiger partial charge on any atom is 0.326 e. The van der Waals surface area contributed by atoms with E-state index < -0.39 is 0 Å². The lowest BCUT2D eigenvalue weighted by Crippen LogP contribution is -2.29. The average Bonchev–Trinajstić information content (AvgIpc) is 2.34. The molecule has 0 N–H and O–H groups in total. The van der Waals surface area contributed by atoms with Crippen LogP contribution in [0.4, 0.5) is 0 Å². The second-order valence-corrected chi connectivity index (χ2v) is 4.41. The predicted molar refractivity (Wildman–Crippen MR) is 51.0 cm³/mol. The minimum atomic E-state index is -0.382. The van der Waals surface area contributed by atoms with Crippen molar-refractivity contribution in [2.45, 2.75) is 39.2 Å². The number of carbonyl (C=O) groups is 1. The Bertz CT molecular complexity index is 178. The molecule has 1 aliphatic heterocycles. The SMILES string of the molecule is CC(C)(C)OC(=O)[CH]N1CCCC1. The third-order valence-corrected chi connectivity index (χ3v) is 1.84. The van der Waals surface area contributed by atoms with Gasteiger partial charge in [0.05, 0.1) is 0 Å². The van der Waals surface area contributed by atoms with Gasteiger partial charge in [0.15, 0.2) is 0 Å². The molecule has 13 heavy (non-hydrogen) atoms. The molecule has 3 nitrogen and oxygen atoms in total. The summed E-state index contributed by atoms with van der Waals surface area (Å²) in [6.45, 7) is 9.19. The summed E-state index contributed by atoms with van der Waals surface area (Å²) in [5.74, 6) is -0.227. The van der Waals surface area contributed by atoms with Crippen molar-refractivity contribution in [2.24, 2.45) is 0 Å². The van der Waals surface area contributed by atoms with Crippen LogP contribution in [0, 0.1) is 6.54 Å². The highest BCUT2D eigenvalue weighted by Crippen LogP contribution is 2.12. The maximum absolute atomic E-state index is 11.3. The van der Waals surface area contributed by atoms with Gasteiger partial charge in [-0.05, 0) is 46.7 Å².